The minimum absolute atomic E-state index is 0.395. The standard InChI is InChI=1S/C14H25N3/c1-6-11-12(7-13(11)15)14-9(4)16-17(8(2)3)10(14)5/h8,11-13H,6-7,15H2,1-5H3. The normalized spacial score (nSPS) is 28.5. The van der Waals surface area contributed by atoms with Gasteiger partial charge in [0.1, 0.15) is 0 Å². The number of nitrogens with zero attached hydrogens (tertiary/aromatic N) is 2. The van der Waals surface area contributed by atoms with Crippen molar-refractivity contribution in [2.75, 3.05) is 0 Å². The first-order valence-electron chi connectivity index (χ1n) is 6.78. The molecule has 3 atom stereocenters. The Morgan fingerprint density at radius 3 is 2.47 bits per heavy atom. The molecular formula is C14H25N3. The quantitative estimate of drug-likeness (QED) is 0.875. The Hall–Kier alpha value is -0.830. The smallest absolute Gasteiger partial charge is 0.0631 e. The van der Waals surface area contributed by atoms with Crippen LogP contribution < -0.4 is 5.73 Å². The van der Waals surface area contributed by atoms with E-state index in [1.807, 2.05) is 0 Å². The molecule has 2 N–H and O–H groups in total. The molecule has 1 aromatic rings. The number of nitrogens with two attached hydrogens (primary N) is 1. The lowest BCUT2D eigenvalue weighted by Crippen LogP contribution is -2.45. The molecule has 1 heterocycles. The second kappa shape index (κ2) is 4.45. The van der Waals surface area contributed by atoms with Gasteiger partial charge in [-0.25, -0.2) is 0 Å². The maximum atomic E-state index is 6.10. The minimum Gasteiger partial charge on any atom is -0.327 e. The fourth-order valence-corrected chi connectivity index (χ4v) is 3.38. The fraction of sp³-hybridized carbons (Fsp3) is 0.786. The molecule has 0 aromatic carbocycles. The van der Waals surface area contributed by atoms with E-state index in [0.717, 1.165) is 6.42 Å². The SMILES string of the molecule is CCC1C(N)CC1c1c(C)nn(C(C)C)c1C. The van der Waals surface area contributed by atoms with Crippen molar-refractivity contribution < 1.29 is 0 Å². The van der Waals surface area contributed by atoms with E-state index in [4.69, 9.17) is 5.73 Å². The summed E-state index contributed by atoms with van der Waals surface area (Å²) in [6.45, 7) is 11.0. The van der Waals surface area contributed by atoms with E-state index in [9.17, 15) is 0 Å². The molecule has 2 rings (SSSR count). The monoisotopic (exact) mass is 235 g/mol. The van der Waals surface area contributed by atoms with Crippen molar-refractivity contribution in [1.82, 2.24) is 9.78 Å². The molecule has 3 heteroatoms. The zero-order valence-electron chi connectivity index (χ0n) is 11.7. The van der Waals surface area contributed by atoms with Gasteiger partial charge in [-0.15, -0.1) is 0 Å². The third-order valence-electron chi connectivity index (χ3n) is 4.31. The molecule has 1 aromatic heterocycles. The summed E-state index contributed by atoms with van der Waals surface area (Å²) < 4.78 is 2.15. The van der Waals surface area contributed by atoms with Crippen LogP contribution in [0.15, 0.2) is 0 Å². The highest BCUT2D eigenvalue weighted by Gasteiger charge is 2.40. The third kappa shape index (κ3) is 1.90. The van der Waals surface area contributed by atoms with Crippen LogP contribution in [0.25, 0.3) is 0 Å². The average Bonchev–Trinajstić information content (AvgIpc) is 2.52. The van der Waals surface area contributed by atoms with Gasteiger partial charge in [-0.1, -0.05) is 13.3 Å². The topological polar surface area (TPSA) is 43.8 Å². The highest BCUT2D eigenvalue weighted by atomic mass is 15.3. The second-order valence-electron chi connectivity index (χ2n) is 5.70. The largest absolute Gasteiger partial charge is 0.327 e. The van der Waals surface area contributed by atoms with E-state index in [2.05, 4.69) is 44.4 Å². The summed E-state index contributed by atoms with van der Waals surface area (Å²) in [4.78, 5) is 0. The first-order valence-corrected chi connectivity index (χ1v) is 6.78. The summed E-state index contributed by atoms with van der Waals surface area (Å²) in [6.07, 6.45) is 2.31. The van der Waals surface area contributed by atoms with E-state index in [-0.39, 0.29) is 0 Å². The van der Waals surface area contributed by atoms with E-state index in [1.165, 1.54) is 23.4 Å². The molecule has 0 saturated heterocycles. The number of hydrogen-bond donors (Lipinski definition) is 1. The van der Waals surface area contributed by atoms with E-state index >= 15 is 0 Å². The highest BCUT2D eigenvalue weighted by Crippen LogP contribution is 2.45. The molecule has 1 aliphatic carbocycles. The fourth-order valence-electron chi connectivity index (χ4n) is 3.38. The lowest BCUT2D eigenvalue weighted by atomic mass is 9.65. The summed E-state index contributed by atoms with van der Waals surface area (Å²) in [7, 11) is 0. The summed E-state index contributed by atoms with van der Waals surface area (Å²) in [5.74, 6) is 1.29. The molecule has 1 aliphatic rings. The zero-order chi connectivity index (χ0) is 12.7. The van der Waals surface area contributed by atoms with Crippen LogP contribution in [-0.4, -0.2) is 15.8 Å². The Kier molecular flexibility index (Phi) is 3.30. The van der Waals surface area contributed by atoms with E-state index < -0.39 is 0 Å². The molecule has 0 aliphatic heterocycles. The van der Waals surface area contributed by atoms with Crippen LogP contribution in [-0.2, 0) is 0 Å². The lowest BCUT2D eigenvalue weighted by molar-refractivity contribution is 0.197. The van der Waals surface area contributed by atoms with Crippen molar-refractivity contribution in [2.24, 2.45) is 11.7 Å². The summed E-state index contributed by atoms with van der Waals surface area (Å²) in [5.41, 5.74) is 10.1. The van der Waals surface area contributed by atoms with Crippen LogP contribution in [0.1, 0.15) is 62.5 Å². The highest BCUT2D eigenvalue weighted by molar-refractivity contribution is 5.32. The molecule has 0 bridgehead atoms. The van der Waals surface area contributed by atoms with Crippen LogP contribution in [0.4, 0.5) is 0 Å². The van der Waals surface area contributed by atoms with E-state index in [0.29, 0.717) is 23.9 Å². The van der Waals surface area contributed by atoms with Crippen molar-refractivity contribution in [3.05, 3.63) is 17.0 Å². The lowest BCUT2D eigenvalue weighted by Gasteiger charge is -2.43. The molecule has 0 amide bonds. The second-order valence-corrected chi connectivity index (χ2v) is 5.70. The van der Waals surface area contributed by atoms with Crippen LogP contribution in [0.2, 0.25) is 0 Å². The van der Waals surface area contributed by atoms with Crippen molar-refractivity contribution in [1.29, 1.82) is 0 Å². The summed E-state index contributed by atoms with van der Waals surface area (Å²) in [6, 6.07) is 0.836. The van der Waals surface area contributed by atoms with Gasteiger partial charge in [0, 0.05) is 17.8 Å². The Morgan fingerprint density at radius 2 is 2.06 bits per heavy atom. The van der Waals surface area contributed by atoms with Gasteiger partial charge in [0.05, 0.1) is 5.69 Å². The van der Waals surface area contributed by atoms with Gasteiger partial charge < -0.3 is 5.73 Å². The first-order chi connectivity index (χ1) is 7.97. The van der Waals surface area contributed by atoms with Crippen LogP contribution in [0.5, 0.6) is 0 Å². The van der Waals surface area contributed by atoms with Gasteiger partial charge in [0.15, 0.2) is 0 Å². The molecule has 3 unspecified atom stereocenters. The van der Waals surface area contributed by atoms with Crippen molar-refractivity contribution in [2.45, 2.75) is 65.5 Å². The van der Waals surface area contributed by atoms with Crippen LogP contribution >= 0.6 is 0 Å². The first kappa shape index (κ1) is 12.6. The number of hydrogen-bond acceptors (Lipinski definition) is 2. The molecule has 96 valence electrons. The predicted octanol–water partition coefficient (Wildman–Crippen LogP) is 2.92. The molecule has 0 spiro atoms. The minimum atomic E-state index is 0.395. The van der Waals surface area contributed by atoms with Crippen molar-refractivity contribution >= 4 is 0 Å². The van der Waals surface area contributed by atoms with Gasteiger partial charge in [-0.3, -0.25) is 4.68 Å². The van der Waals surface area contributed by atoms with Gasteiger partial charge in [-0.2, -0.15) is 5.10 Å². The third-order valence-corrected chi connectivity index (χ3v) is 4.31. The maximum absolute atomic E-state index is 6.10. The molecule has 1 saturated carbocycles. The Balaban J connectivity index is 2.33. The van der Waals surface area contributed by atoms with Crippen molar-refractivity contribution in [3.8, 4) is 0 Å². The predicted molar refractivity (Wildman–Crippen MR) is 71.2 cm³/mol. The van der Waals surface area contributed by atoms with E-state index in [1.54, 1.807) is 0 Å². The van der Waals surface area contributed by atoms with Crippen LogP contribution in [0.3, 0.4) is 0 Å². The summed E-state index contributed by atoms with van der Waals surface area (Å²) >= 11 is 0. The Morgan fingerprint density at radius 1 is 1.41 bits per heavy atom. The average molecular weight is 235 g/mol. The zero-order valence-corrected chi connectivity index (χ0v) is 11.7. The number of aryl methyl sites for hydroxylation is 1. The molecule has 3 nitrogen and oxygen atoms in total. The summed E-state index contributed by atoms with van der Waals surface area (Å²) in [5, 5.41) is 4.68. The molecule has 0 radical (unpaired) electrons. The van der Waals surface area contributed by atoms with Gasteiger partial charge in [0.2, 0.25) is 0 Å². The van der Waals surface area contributed by atoms with Gasteiger partial charge in [0.25, 0.3) is 0 Å². The Bertz CT molecular complexity index is 406. The number of aromatic nitrogens is 2. The van der Waals surface area contributed by atoms with Gasteiger partial charge in [-0.05, 0) is 51.5 Å². The maximum Gasteiger partial charge on any atom is 0.0631 e. The number of rotatable bonds is 3. The van der Waals surface area contributed by atoms with Gasteiger partial charge >= 0.3 is 0 Å². The van der Waals surface area contributed by atoms with Crippen LogP contribution in [0, 0.1) is 19.8 Å². The molecule has 17 heavy (non-hydrogen) atoms. The molecule has 1 fully saturated rings. The molecular weight excluding hydrogens is 210 g/mol. The Labute approximate surface area is 104 Å². The van der Waals surface area contributed by atoms with Crippen molar-refractivity contribution in [3.63, 3.8) is 0 Å².